The van der Waals surface area contributed by atoms with Crippen molar-refractivity contribution in [2.45, 2.75) is 13.8 Å². The molecular weight excluding hydrogens is 334 g/mol. The van der Waals surface area contributed by atoms with Gasteiger partial charge < -0.3 is 20.3 Å². The van der Waals surface area contributed by atoms with E-state index in [9.17, 15) is 9.59 Å². The molecule has 0 aliphatic rings. The van der Waals surface area contributed by atoms with Crippen LogP contribution in [0.25, 0.3) is 0 Å². The molecule has 138 valence electrons. The molecule has 2 rings (SSSR count). The van der Waals surface area contributed by atoms with Gasteiger partial charge in [-0.3, -0.25) is 5.32 Å². The van der Waals surface area contributed by atoms with Crippen LogP contribution in [-0.4, -0.2) is 37.3 Å². The highest BCUT2D eigenvalue weighted by molar-refractivity contribution is 6.00. The molecule has 1 heterocycles. The van der Waals surface area contributed by atoms with Crippen molar-refractivity contribution in [3.63, 3.8) is 0 Å². The van der Waals surface area contributed by atoms with Gasteiger partial charge in [-0.05, 0) is 44.2 Å². The molecule has 8 heteroatoms. The Balaban J connectivity index is 1.96. The van der Waals surface area contributed by atoms with Gasteiger partial charge >= 0.3 is 12.1 Å². The smallest absolute Gasteiger partial charge is 0.411 e. The number of aromatic nitrogens is 1. The minimum absolute atomic E-state index is 0.405. The Morgan fingerprint density at radius 3 is 2.23 bits per heavy atom. The SMILES string of the molecule is CCN(CC)c1ccc(NC(=O)Nc2cccc(NC(=O)OC)c2)cn1. The number of hydrogen-bond donors (Lipinski definition) is 3. The maximum Gasteiger partial charge on any atom is 0.411 e. The van der Waals surface area contributed by atoms with Crippen LogP contribution in [0.5, 0.6) is 0 Å². The van der Waals surface area contributed by atoms with Crippen molar-refractivity contribution in [1.82, 2.24) is 4.98 Å². The Morgan fingerprint density at radius 2 is 1.65 bits per heavy atom. The first-order chi connectivity index (χ1) is 12.5. The highest BCUT2D eigenvalue weighted by atomic mass is 16.5. The number of amides is 3. The Labute approximate surface area is 152 Å². The van der Waals surface area contributed by atoms with Gasteiger partial charge in [0.05, 0.1) is 19.0 Å². The third-order valence-corrected chi connectivity index (χ3v) is 3.65. The number of carbonyl (C=O) groups is 2. The quantitative estimate of drug-likeness (QED) is 0.732. The molecule has 1 aromatic carbocycles. The highest BCUT2D eigenvalue weighted by Crippen LogP contribution is 2.17. The fourth-order valence-electron chi connectivity index (χ4n) is 2.33. The number of pyridine rings is 1. The Hall–Kier alpha value is -3.29. The molecule has 3 N–H and O–H groups in total. The van der Waals surface area contributed by atoms with Gasteiger partial charge in [0.15, 0.2) is 0 Å². The van der Waals surface area contributed by atoms with Crippen LogP contribution in [0.3, 0.4) is 0 Å². The third-order valence-electron chi connectivity index (χ3n) is 3.65. The number of benzene rings is 1. The number of carbonyl (C=O) groups excluding carboxylic acids is 2. The molecule has 0 spiro atoms. The number of nitrogens with zero attached hydrogens (tertiary/aromatic N) is 2. The molecule has 0 bridgehead atoms. The molecule has 0 radical (unpaired) electrons. The molecule has 1 aromatic heterocycles. The Kier molecular flexibility index (Phi) is 6.78. The predicted octanol–water partition coefficient (Wildman–Crippen LogP) is 3.75. The molecule has 0 saturated heterocycles. The van der Waals surface area contributed by atoms with Crippen molar-refractivity contribution in [3.05, 3.63) is 42.6 Å². The lowest BCUT2D eigenvalue weighted by molar-refractivity contribution is 0.187. The second-order valence-corrected chi connectivity index (χ2v) is 5.35. The first-order valence-electron chi connectivity index (χ1n) is 8.29. The number of urea groups is 1. The zero-order valence-corrected chi connectivity index (χ0v) is 15.1. The second-order valence-electron chi connectivity index (χ2n) is 5.35. The van der Waals surface area contributed by atoms with Crippen LogP contribution >= 0.6 is 0 Å². The summed E-state index contributed by atoms with van der Waals surface area (Å²) in [6.45, 7) is 5.86. The standard InChI is InChI=1S/C18H23N5O3/c1-4-23(5-2)16-10-9-15(12-19-16)21-17(24)20-13-7-6-8-14(11-13)22-18(25)26-3/h6-12H,4-5H2,1-3H3,(H,22,25)(H2,20,21,24). The van der Waals surface area contributed by atoms with E-state index in [1.165, 1.54) is 7.11 Å². The topological polar surface area (TPSA) is 95.6 Å². The van der Waals surface area contributed by atoms with E-state index in [1.54, 1.807) is 36.5 Å². The van der Waals surface area contributed by atoms with Crippen LogP contribution in [0, 0.1) is 0 Å². The zero-order valence-electron chi connectivity index (χ0n) is 15.1. The maximum atomic E-state index is 12.1. The van der Waals surface area contributed by atoms with Gasteiger partial charge in [-0.25, -0.2) is 14.6 Å². The van der Waals surface area contributed by atoms with E-state index in [2.05, 4.69) is 44.4 Å². The fourth-order valence-corrected chi connectivity index (χ4v) is 2.33. The summed E-state index contributed by atoms with van der Waals surface area (Å²) in [5.74, 6) is 0.863. The molecule has 0 atom stereocenters. The van der Waals surface area contributed by atoms with Gasteiger partial charge in [0.2, 0.25) is 0 Å². The monoisotopic (exact) mass is 357 g/mol. The average molecular weight is 357 g/mol. The van der Waals surface area contributed by atoms with E-state index in [1.807, 2.05) is 6.07 Å². The van der Waals surface area contributed by atoms with Gasteiger partial charge in [-0.15, -0.1) is 0 Å². The summed E-state index contributed by atoms with van der Waals surface area (Å²) in [5, 5.41) is 7.96. The van der Waals surface area contributed by atoms with Gasteiger partial charge in [0, 0.05) is 24.5 Å². The van der Waals surface area contributed by atoms with E-state index in [0.29, 0.717) is 17.1 Å². The lowest BCUT2D eigenvalue weighted by Gasteiger charge is -2.19. The van der Waals surface area contributed by atoms with Crippen LogP contribution in [0.2, 0.25) is 0 Å². The molecule has 2 aromatic rings. The van der Waals surface area contributed by atoms with Crippen LogP contribution in [0.15, 0.2) is 42.6 Å². The summed E-state index contributed by atoms with van der Waals surface area (Å²) >= 11 is 0. The molecule has 0 aliphatic carbocycles. The maximum absolute atomic E-state index is 12.1. The molecule has 0 unspecified atom stereocenters. The van der Waals surface area contributed by atoms with E-state index in [0.717, 1.165) is 18.9 Å². The minimum Gasteiger partial charge on any atom is -0.453 e. The summed E-state index contributed by atoms with van der Waals surface area (Å²) in [7, 11) is 1.28. The van der Waals surface area contributed by atoms with Gasteiger partial charge in [0.1, 0.15) is 5.82 Å². The summed E-state index contributed by atoms with van der Waals surface area (Å²) in [5.41, 5.74) is 1.63. The van der Waals surface area contributed by atoms with Crippen LogP contribution in [-0.2, 0) is 4.74 Å². The number of hydrogen-bond acceptors (Lipinski definition) is 5. The van der Waals surface area contributed by atoms with Crippen molar-refractivity contribution in [2.75, 3.05) is 41.0 Å². The lowest BCUT2D eigenvalue weighted by atomic mass is 10.3. The summed E-state index contributed by atoms with van der Waals surface area (Å²) < 4.78 is 4.54. The third kappa shape index (κ3) is 5.37. The normalized spacial score (nSPS) is 9.96. The summed E-state index contributed by atoms with van der Waals surface area (Å²) in [4.78, 5) is 29.8. The summed E-state index contributed by atoms with van der Waals surface area (Å²) in [6.07, 6.45) is 1.04. The first kappa shape index (κ1) is 19.0. The van der Waals surface area contributed by atoms with Gasteiger partial charge in [-0.1, -0.05) is 6.07 Å². The number of anilines is 4. The number of rotatable bonds is 6. The van der Waals surface area contributed by atoms with Crippen molar-refractivity contribution >= 4 is 35.0 Å². The van der Waals surface area contributed by atoms with E-state index in [4.69, 9.17) is 0 Å². The van der Waals surface area contributed by atoms with Crippen molar-refractivity contribution in [3.8, 4) is 0 Å². The minimum atomic E-state index is -0.578. The van der Waals surface area contributed by atoms with E-state index in [-0.39, 0.29) is 0 Å². The van der Waals surface area contributed by atoms with Crippen LogP contribution < -0.4 is 20.9 Å². The van der Waals surface area contributed by atoms with Gasteiger partial charge in [-0.2, -0.15) is 0 Å². The Morgan fingerprint density at radius 1 is 1.00 bits per heavy atom. The van der Waals surface area contributed by atoms with Crippen molar-refractivity contribution < 1.29 is 14.3 Å². The van der Waals surface area contributed by atoms with Crippen molar-refractivity contribution in [1.29, 1.82) is 0 Å². The largest absolute Gasteiger partial charge is 0.453 e. The van der Waals surface area contributed by atoms with E-state index < -0.39 is 12.1 Å². The Bertz CT molecular complexity index is 745. The molecule has 8 nitrogen and oxygen atoms in total. The average Bonchev–Trinajstić information content (AvgIpc) is 2.64. The zero-order chi connectivity index (χ0) is 18.9. The molecule has 0 saturated carbocycles. The molecule has 26 heavy (non-hydrogen) atoms. The molecule has 0 fully saturated rings. The molecule has 3 amide bonds. The predicted molar refractivity (Wildman–Crippen MR) is 103 cm³/mol. The molecule has 0 aliphatic heterocycles. The van der Waals surface area contributed by atoms with Crippen molar-refractivity contribution in [2.24, 2.45) is 0 Å². The van der Waals surface area contributed by atoms with Crippen LogP contribution in [0.4, 0.5) is 32.5 Å². The summed E-state index contributed by atoms with van der Waals surface area (Å²) in [6, 6.07) is 10.00. The van der Waals surface area contributed by atoms with Gasteiger partial charge in [0.25, 0.3) is 0 Å². The number of ether oxygens (including phenoxy) is 1. The first-order valence-corrected chi connectivity index (χ1v) is 8.29. The van der Waals surface area contributed by atoms with Crippen LogP contribution in [0.1, 0.15) is 13.8 Å². The molecular formula is C18H23N5O3. The number of methoxy groups -OCH3 is 1. The van der Waals surface area contributed by atoms with E-state index >= 15 is 0 Å². The highest BCUT2D eigenvalue weighted by Gasteiger charge is 2.07. The lowest BCUT2D eigenvalue weighted by Crippen LogP contribution is -2.23. The fraction of sp³-hybridized carbons (Fsp3) is 0.278. The second kappa shape index (κ2) is 9.26. The number of nitrogens with one attached hydrogen (secondary N) is 3.